The van der Waals surface area contributed by atoms with E-state index in [1.165, 1.54) is 0 Å². The van der Waals surface area contributed by atoms with E-state index < -0.39 is 0 Å². The molecule has 0 amide bonds. The van der Waals surface area contributed by atoms with Crippen molar-refractivity contribution < 1.29 is 5.11 Å². The molecule has 1 atom stereocenters. The molecule has 0 aromatic heterocycles. The second-order valence-corrected chi connectivity index (χ2v) is 5.56. The number of hydrogen-bond acceptors (Lipinski definition) is 2. The fourth-order valence-corrected chi connectivity index (χ4v) is 2.32. The molecule has 2 nitrogen and oxygen atoms in total. The van der Waals surface area contributed by atoms with Gasteiger partial charge in [0.2, 0.25) is 0 Å². The number of β-amino-alcohol motifs (C(OH)–C–C–N with tert-alkyl or cyclic N) is 1. The molecule has 0 radical (unpaired) electrons. The highest BCUT2D eigenvalue weighted by molar-refractivity contribution is 6.33. The SMILES string of the molecule is CC1(C)CCN(c2ccccc2Cl)CC1O. The summed E-state index contributed by atoms with van der Waals surface area (Å²) in [5.74, 6) is 0. The largest absolute Gasteiger partial charge is 0.391 e. The van der Waals surface area contributed by atoms with Gasteiger partial charge in [0.05, 0.1) is 16.8 Å². The van der Waals surface area contributed by atoms with E-state index in [9.17, 15) is 5.11 Å². The highest BCUT2D eigenvalue weighted by Gasteiger charge is 2.34. The van der Waals surface area contributed by atoms with Crippen LogP contribution in [0.1, 0.15) is 20.3 Å². The first-order valence-corrected chi connectivity index (χ1v) is 6.06. The van der Waals surface area contributed by atoms with Gasteiger partial charge in [0.1, 0.15) is 0 Å². The van der Waals surface area contributed by atoms with Gasteiger partial charge in [-0.25, -0.2) is 0 Å². The second-order valence-electron chi connectivity index (χ2n) is 5.15. The number of piperidine rings is 1. The van der Waals surface area contributed by atoms with Gasteiger partial charge in [-0.15, -0.1) is 0 Å². The molecule has 16 heavy (non-hydrogen) atoms. The maximum atomic E-state index is 10.1. The van der Waals surface area contributed by atoms with E-state index in [-0.39, 0.29) is 11.5 Å². The summed E-state index contributed by atoms with van der Waals surface area (Å²) in [4.78, 5) is 2.16. The van der Waals surface area contributed by atoms with E-state index in [4.69, 9.17) is 11.6 Å². The van der Waals surface area contributed by atoms with Gasteiger partial charge in [-0.2, -0.15) is 0 Å². The molecule has 1 aliphatic heterocycles. The van der Waals surface area contributed by atoms with Crippen LogP contribution in [0, 0.1) is 5.41 Å². The average molecular weight is 240 g/mol. The topological polar surface area (TPSA) is 23.5 Å². The zero-order valence-corrected chi connectivity index (χ0v) is 10.5. The molecule has 2 rings (SSSR count). The third kappa shape index (κ3) is 2.18. The first-order chi connectivity index (χ1) is 7.50. The Morgan fingerprint density at radius 3 is 2.69 bits per heavy atom. The number of rotatable bonds is 1. The van der Waals surface area contributed by atoms with E-state index in [0.29, 0.717) is 6.54 Å². The first-order valence-electron chi connectivity index (χ1n) is 5.68. The van der Waals surface area contributed by atoms with Crippen LogP contribution in [0.4, 0.5) is 5.69 Å². The van der Waals surface area contributed by atoms with E-state index in [0.717, 1.165) is 23.7 Å². The van der Waals surface area contributed by atoms with Crippen molar-refractivity contribution in [2.24, 2.45) is 5.41 Å². The average Bonchev–Trinajstić information content (AvgIpc) is 2.23. The molecular formula is C13H18ClNO. The summed E-state index contributed by atoms with van der Waals surface area (Å²) in [5.41, 5.74) is 1.04. The predicted octanol–water partition coefficient (Wildman–Crippen LogP) is 2.94. The van der Waals surface area contributed by atoms with Crippen LogP contribution in [-0.2, 0) is 0 Å². The van der Waals surface area contributed by atoms with Gasteiger partial charge in [0, 0.05) is 13.1 Å². The van der Waals surface area contributed by atoms with E-state index in [1.807, 2.05) is 24.3 Å². The molecule has 1 aromatic carbocycles. The third-order valence-corrected chi connectivity index (χ3v) is 3.83. The van der Waals surface area contributed by atoms with Crippen LogP contribution in [0.3, 0.4) is 0 Å². The lowest BCUT2D eigenvalue weighted by Gasteiger charge is -2.42. The maximum absolute atomic E-state index is 10.1. The summed E-state index contributed by atoms with van der Waals surface area (Å²) < 4.78 is 0. The summed E-state index contributed by atoms with van der Waals surface area (Å²) in [7, 11) is 0. The minimum Gasteiger partial charge on any atom is -0.391 e. The van der Waals surface area contributed by atoms with E-state index in [1.54, 1.807) is 0 Å². The number of halogens is 1. The van der Waals surface area contributed by atoms with Crippen LogP contribution in [0.15, 0.2) is 24.3 Å². The summed E-state index contributed by atoms with van der Waals surface area (Å²) >= 11 is 6.15. The summed E-state index contributed by atoms with van der Waals surface area (Å²) in [6.07, 6.45) is 0.692. The monoisotopic (exact) mass is 239 g/mol. The lowest BCUT2D eigenvalue weighted by Crippen LogP contribution is -2.48. The van der Waals surface area contributed by atoms with Crippen molar-refractivity contribution in [3.05, 3.63) is 29.3 Å². The highest BCUT2D eigenvalue weighted by atomic mass is 35.5. The van der Waals surface area contributed by atoms with Crippen molar-refractivity contribution in [2.75, 3.05) is 18.0 Å². The molecule has 0 saturated carbocycles. The van der Waals surface area contributed by atoms with Crippen molar-refractivity contribution in [1.29, 1.82) is 0 Å². The van der Waals surface area contributed by atoms with Crippen molar-refractivity contribution >= 4 is 17.3 Å². The molecule has 0 aliphatic carbocycles. The molecule has 1 unspecified atom stereocenters. The smallest absolute Gasteiger partial charge is 0.0766 e. The molecule has 1 aromatic rings. The van der Waals surface area contributed by atoms with E-state index in [2.05, 4.69) is 18.7 Å². The Morgan fingerprint density at radius 1 is 1.38 bits per heavy atom. The van der Waals surface area contributed by atoms with Gasteiger partial charge in [-0.1, -0.05) is 37.6 Å². The van der Waals surface area contributed by atoms with Crippen molar-refractivity contribution in [2.45, 2.75) is 26.4 Å². The Hall–Kier alpha value is -0.730. The van der Waals surface area contributed by atoms with Crippen LogP contribution in [0.5, 0.6) is 0 Å². The lowest BCUT2D eigenvalue weighted by atomic mass is 9.80. The van der Waals surface area contributed by atoms with Gasteiger partial charge in [-0.05, 0) is 24.0 Å². The molecule has 0 spiro atoms. The number of para-hydroxylation sites is 1. The Kier molecular flexibility index (Phi) is 3.13. The Morgan fingerprint density at radius 2 is 2.06 bits per heavy atom. The van der Waals surface area contributed by atoms with Crippen LogP contribution >= 0.6 is 11.6 Å². The molecule has 1 aliphatic rings. The number of benzene rings is 1. The third-order valence-electron chi connectivity index (χ3n) is 3.51. The van der Waals surface area contributed by atoms with E-state index >= 15 is 0 Å². The normalized spacial score (nSPS) is 24.5. The Balaban J connectivity index is 2.17. The quantitative estimate of drug-likeness (QED) is 0.815. The molecule has 1 fully saturated rings. The van der Waals surface area contributed by atoms with Gasteiger partial charge >= 0.3 is 0 Å². The minimum atomic E-state index is -0.294. The zero-order valence-electron chi connectivity index (χ0n) is 9.78. The zero-order chi connectivity index (χ0) is 11.8. The molecule has 1 heterocycles. The number of hydrogen-bond donors (Lipinski definition) is 1. The van der Waals surface area contributed by atoms with Crippen LogP contribution < -0.4 is 4.90 Å². The fraction of sp³-hybridized carbons (Fsp3) is 0.538. The fourth-order valence-electron chi connectivity index (χ4n) is 2.06. The molecule has 1 N–H and O–H groups in total. The van der Waals surface area contributed by atoms with Gasteiger partial charge in [-0.3, -0.25) is 0 Å². The number of nitrogens with zero attached hydrogens (tertiary/aromatic N) is 1. The first kappa shape index (κ1) is 11.7. The van der Waals surface area contributed by atoms with Gasteiger partial charge in [0.15, 0.2) is 0 Å². The highest BCUT2D eigenvalue weighted by Crippen LogP contribution is 2.34. The summed E-state index contributed by atoms with van der Waals surface area (Å²) in [6.45, 7) is 5.84. The number of aliphatic hydroxyl groups is 1. The van der Waals surface area contributed by atoms with Crippen molar-refractivity contribution in [3.63, 3.8) is 0 Å². The van der Waals surface area contributed by atoms with Gasteiger partial charge in [0.25, 0.3) is 0 Å². The molecule has 88 valence electrons. The summed E-state index contributed by atoms with van der Waals surface area (Å²) in [6, 6.07) is 7.81. The van der Waals surface area contributed by atoms with Crippen LogP contribution in [0.25, 0.3) is 0 Å². The van der Waals surface area contributed by atoms with Crippen molar-refractivity contribution in [3.8, 4) is 0 Å². The van der Waals surface area contributed by atoms with Gasteiger partial charge < -0.3 is 10.0 Å². The number of anilines is 1. The Bertz CT molecular complexity index is 378. The molecule has 3 heteroatoms. The molecule has 0 bridgehead atoms. The molecular weight excluding hydrogens is 222 g/mol. The van der Waals surface area contributed by atoms with Crippen LogP contribution in [-0.4, -0.2) is 24.3 Å². The number of aliphatic hydroxyl groups excluding tert-OH is 1. The summed E-state index contributed by atoms with van der Waals surface area (Å²) in [5, 5.41) is 10.8. The second kappa shape index (κ2) is 4.27. The maximum Gasteiger partial charge on any atom is 0.0766 e. The molecule has 1 saturated heterocycles. The standard InChI is InChI=1S/C13H18ClNO/c1-13(2)7-8-15(9-12(13)16)11-6-4-3-5-10(11)14/h3-6,12,16H,7-9H2,1-2H3. The Labute approximate surface area is 102 Å². The minimum absolute atomic E-state index is 0.0117. The predicted molar refractivity (Wildman–Crippen MR) is 68.1 cm³/mol. The lowest BCUT2D eigenvalue weighted by molar-refractivity contribution is 0.0351. The van der Waals surface area contributed by atoms with Crippen molar-refractivity contribution in [1.82, 2.24) is 0 Å². The van der Waals surface area contributed by atoms with Crippen LogP contribution in [0.2, 0.25) is 5.02 Å².